The number of carboxylic acids is 1. The van der Waals surface area contributed by atoms with Crippen molar-refractivity contribution in [3.05, 3.63) is 30.3 Å². The molecule has 0 spiro atoms. The molecule has 1 N–H and O–H groups in total. The highest BCUT2D eigenvalue weighted by Gasteiger charge is 2.27. The fourth-order valence-electron chi connectivity index (χ4n) is 1.97. The predicted molar refractivity (Wildman–Crippen MR) is 67.4 cm³/mol. The van der Waals surface area contributed by atoms with Gasteiger partial charge in [0.05, 0.1) is 12.0 Å². The number of hydrogen-bond donors (Lipinski definition) is 1. The molecule has 1 saturated heterocycles. The number of carbonyl (C=O) groups excluding carboxylic acids is 1. The minimum absolute atomic E-state index is 0.447. The first-order valence-corrected chi connectivity index (χ1v) is 5.93. The highest BCUT2D eigenvalue weighted by molar-refractivity contribution is 7.80. The van der Waals surface area contributed by atoms with Gasteiger partial charge in [0.25, 0.3) is 0 Å². The molecule has 1 atom stereocenters. The molecule has 0 aromatic heterocycles. The van der Waals surface area contributed by atoms with E-state index < -0.39 is 12.0 Å². The second-order valence-corrected chi connectivity index (χ2v) is 4.35. The zero-order valence-corrected chi connectivity index (χ0v) is 10.1. The number of thiocarbonyl (C=S) groups is 1. The van der Waals surface area contributed by atoms with E-state index in [-0.39, 0.29) is 0 Å². The average molecular weight is 249 g/mol. The molecule has 17 heavy (non-hydrogen) atoms. The zero-order valence-electron chi connectivity index (χ0n) is 9.26. The second-order valence-electron chi connectivity index (χ2n) is 3.97. The number of carbonyl (C=O) groups is 1. The summed E-state index contributed by atoms with van der Waals surface area (Å²) < 4.78 is 0. The monoisotopic (exact) mass is 249 g/mol. The van der Waals surface area contributed by atoms with Gasteiger partial charge >= 0.3 is 0 Å². The van der Waals surface area contributed by atoms with Gasteiger partial charge in [0.15, 0.2) is 5.11 Å². The van der Waals surface area contributed by atoms with Gasteiger partial charge in [-0.2, -0.15) is 0 Å². The molecule has 2 rings (SSSR count). The number of likely N-dealkylation sites (tertiary alicyclic amines) is 1. The van der Waals surface area contributed by atoms with Crippen molar-refractivity contribution >= 4 is 29.0 Å². The maximum Gasteiger partial charge on any atom is 0.173 e. The lowest BCUT2D eigenvalue weighted by atomic mass is 10.2. The molecule has 1 aliphatic heterocycles. The van der Waals surface area contributed by atoms with Crippen LogP contribution >= 0.6 is 12.2 Å². The van der Waals surface area contributed by atoms with Crippen LogP contribution in [0.3, 0.4) is 0 Å². The summed E-state index contributed by atoms with van der Waals surface area (Å²) in [6.07, 6.45) is 1.42. The van der Waals surface area contributed by atoms with Crippen LogP contribution < -0.4 is 10.4 Å². The Kier molecular flexibility index (Phi) is 3.58. The van der Waals surface area contributed by atoms with Crippen LogP contribution in [-0.2, 0) is 4.79 Å². The first-order chi connectivity index (χ1) is 8.18. The van der Waals surface area contributed by atoms with Crippen molar-refractivity contribution < 1.29 is 9.90 Å². The highest BCUT2D eigenvalue weighted by Crippen LogP contribution is 2.18. The van der Waals surface area contributed by atoms with Gasteiger partial charge in [0.2, 0.25) is 0 Å². The molecule has 1 aliphatic rings. The van der Waals surface area contributed by atoms with Crippen molar-refractivity contribution in [3.8, 4) is 0 Å². The molecule has 1 fully saturated rings. The number of para-hydroxylation sites is 1. The van der Waals surface area contributed by atoms with Crippen LogP contribution in [0.4, 0.5) is 5.69 Å². The lowest BCUT2D eigenvalue weighted by molar-refractivity contribution is -0.309. The van der Waals surface area contributed by atoms with E-state index in [1.54, 1.807) is 4.90 Å². The molecular weight excluding hydrogens is 236 g/mol. The molecule has 0 unspecified atom stereocenters. The number of hydrogen-bond acceptors (Lipinski definition) is 3. The summed E-state index contributed by atoms with van der Waals surface area (Å²) in [5.41, 5.74) is 0.862. The topological polar surface area (TPSA) is 55.4 Å². The quantitative estimate of drug-likeness (QED) is 0.778. The summed E-state index contributed by atoms with van der Waals surface area (Å²) in [4.78, 5) is 12.6. The van der Waals surface area contributed by atoms with E-state index in [1.807, 2.05) is 30.3 Å². The number of aliphatic carboxylic acids is 1. The smallest absolute Gasteiger partial charge is 0.173 e. The summed E-state index contributed by atoms with van der Waals surface area (Å²) in [5, 5.41) is 14.4. The minimum Gasteiger partial charge on any atom is -0.548 e. The Morgan fingerprint density at radius 1 is 1.41 bits per heavy atom. The molecule has 0 radical (unpaired) electrons. The Balaban J connectivity index is 2.03. The number of nitrogens with zero attached hydrogens (tertiary/aromatic N) is 1. The molecular formula is C12H13N2O2S-. The Morgan fingerprint density at radius 2 is 2.12 bits per heavy atom. The zero-order chi connectivity index (χ0) is 12.3. The van der Waals surface area contributed by atoms with E-state index in [2.05, 4.69) is 5.32 Å². The number of nitrogens with one attached hydrogen (secondary N) is 1. The largest absolute Gasteiger partial charge is 0.548 e. The van der Waals surface area contributed by atoms with Crippen LogP contribution in [0.5, 0.6) is 0 Å². The number of carboxylic acid groups (broad SMARTS) is 1. The lowest BCUT2D eigenvalue weighted by Crippen LogP contribution is -2.48. The van der Waals surface area contributed by atoms with Gasteiger partial charge in [-0.15, -0.1) is 0 Å². The maximum absolute atomic E-state index is 10.9. The predicted octanol–water partition coefficient (Wildman–Crippen LogP) is 0.598. The molecule has 0 bridgehead atoms. The van der Waals surface area contributed by atoms with E-state index in [4.69, 9.17) is 12.2 Å². The first kappa shape index (κ1) is 11.9. The second kappa shape index (κ2) is 5.14. The first-order valence-electron chi connectivity index (χ1n) is 5.52. The van der Waals surface area contributed by atoms with Crippen molar-refractivity contribution in [2.45, 2.75) is 18.9 Å². The van der Waals surface area contributed by atoms with E-state index >= 15 is 0 Å². The molecule has 1 aromatic rings. The van der Waals surface area contributed by atoms with E-state index in [1.165, 1.54) is 0 Å². The number of anilines is 1. The van der Waals surface area contributed by atoms with Gasteiger partial charge in [-0.1, -0.05) is 18.2 Å². The van der Waals surface area contributed by atoms with Gasteiger partial charge in [0.1, 0.15) is 0 Å². The third-order valence-corrected chi connectivity index (χ3v) is 3.15. The maximum atomic E-state index is 10.9. The molecule has 90 valence electrons. The van der Waals surface area contributed by atoms with Crippen LogP contribution in [0, 0.1) is 0 Å². The molecule has 0 aliphatic carbocycles. The molecule has 0 saturated carbocycles. The summed E-state index contributed by atoms with van der Waals surface area (Å²) in [6.45, 7) is 0.664. The van der Waals surface area contributed by atoms with Crippen molar-refractivity contribution in [3.63, 3.8) is 0 Å². The van der Waals surface area contributed by atoms with Crippen LogP contribution in [0.15, 0.2) is 30.3 Å². The summed E-state index contributed by atoms with van der Waals surface area (Å²) >= 11 is 5.22. The normalized spacial score (nSPS) is 19.1. The number of benzene rings is 1. The van der Waals surface area contributed by atoms with Crippen molar-refractivity contribution in [2.75, 3.05) is 11.9 Å². The lowest BCUT2D eigenvalue weighted by Gasteiger charge is -2.28. The molecule has 0 amide bonds. The SMILES string of the molecule is O=C([O-])[C@@H]1CCCN1C(=S)Nc1ccccc1. The van der Waals surface area contributed by atoms with Crippen LogP contribution in [-0.4, -0.2) is 28.6 Å². The van der Waals surface area contributed by atoms with Gasteiger partial charge in [-0.05, 0) is 37.2 Å². The summed E-state index contributed by atoms with van der Waals surface area (Å²) in [5.74, 6) is -1.06. The number of rotatable bonds is 2. The average Bonchev–Trinajstić information content (AvgIpc) is 2.79. The molecule has 1 heterocycles. The summed E-state index contributed by atoms with van der Waals surface area (Å²) in [6, 6.07) is 8.87. The van der Waals surface area contributed by atoms with Gasteiger partial charge < -0.3 is 20.1 Å². The Morgan fingerprint density at radius 3 is 2.76 bits per heavy atom. The standard InChI is InChI=1S/C12H14N2O2S/c15-11(16)10-7-4-8-14(10)12(17)13-9-5-2-1-3-6-9/h1-3,5-6,10H,4,7-8H2,(H,13,17)(H,15,16)/p-1/t10-/m0/s1. The van der Waals surface area contributed by atoms with Gasteiger partial charge in [-0.25, -0.2) is 0 Å². The Bertz CT molecular complexity index is 422. The van der Waals surface area contributed by atoms with Crippen LogP contribution in [0.1, 0.15) is 12.8 Å². The summed E-state index contributed by atoms with van der Waals surface area (Å²) in [7, 11) is 0. The fraction of sp³-hybridized carbons (Fsp3) is 0.333. The fourth-order valence-corrected chi connectivity index (χ4v) is 2.31. The van der Waals surface area contributed by atoms with E-state index in [0.717, 1.165) is 12.1 Å². The Hall–Kier alpha value is -1.62. The van der Waals surface area contributed by atoms with Crippen molar-refractivity contribution in [1.82, 2.24) is 4.90 Å². The van der Waals surface area contributed by atoms with Gasteiger partial charge in [0, 0.05) is 12.2 Å². The third-order valence-electron chi connectivity index (χ3n) is 2.81. The van der Waals surface area contributed by atoms with Crippen molar-refractivity contribution in [1.29, 1.82) is 0 Å². The molecule has 5 heteroatoms. The van der Waals surface area contributed by atoms with Crippen LogP contribution in [0.25, 0.3) is 0 Å². The third kappa shape index (κ3) is 2.74. The Labute approximate surface area is 105 Å². The van der Waals surface area contributed by atoms with E-state index in [9.17, 15) is 9.90 Å². The van der Waals surface area contributed by atoms with Crippen molar-refractivity contribution in [2.24, 2.45) is 0 Å². The van der Waals surface area contributed by atoms with Gasteiger partial charge in [-0.3, -0.25) is 0 Å². The van der Waals surface area contributed by atoms with E-state index in [0.29, 0.717) is 18.1 Å². The van der Waals surface area contributed by atoms with Crippen LogP contribution in [0.2, 0.25) is 0 Å². The minimum atomic E-state index is -1.06. The molecule has 4 nitrogen and oxygen atoms in total. The highest BCUT2D eigenvalue weighted by atomic mass is 32.1. The molecule has 1 aromatic carbocycles.